The van der Waals surface area contributed by atoms with Crippen LogP contribution in [-0.2, 0) is 16.1 Å². The number of benzene rings is 2. The first kappa shape index (κ1) is 16.8. The van der Waals surface area contributed by atoms with E-state index in [1.165, 1.54) is 48.5 Å². The standard InChI is InChI=1S/C16H11NO7/c18-14(12-3-1-2-4-13(12)15(19)20)16(21)24-9-10-5-7-11(8-6-10)17(22)23/h1-8H,9H2,(H,19,20). The maximum atomic E-state index is 12.0. The predicted molar refractivity (Wildman–Crippen MR) is 80.6 cm³/mol. The van der Waals surface area contributed by atoms with Gasteiger partial charge in [0, 0.05) is 17.7 Å². The Morgan fingerprint density at radius 2 is 1.58 bits per heavy atom. The number of hydrogen-bond acceptors (Lipinski definition) is 6. The lowest BCUT2D eigenvalue weighted by molar-refractivity contribution is -0.384. The minimum absolute atomic E-state index is 0.114. The molecule has 0 bridgehead atoms. The van der Waals surface area contributed by atoms with Gasteiger partial charge in [0.25, 0.3) is 11.5 Å². The third-order valence-corrected chi connectivity index (χ3v) is 3.10. The lowest BCUT2D eigenvalue weighted by Gasteiger charge is -2.06. The van der Waals surface area contributed by atoms with Crippen LogP contribution in [0.1, 0.15) is 26.3 Å². The largest absolute Gasteiger partial charge is 0.478 e. The molecule has 8 nitrogen and oxygen atoms in total. The van der Waals surface area contributed by atoms with Gasteiger partial charge in [-0.25, -0.2) is 9.59 Å². The Balaban J connectivity index is 2.06. The van der Waals surface area contributed by atoms with E-state index in [0.29, 0.717) is 5.56 Å². The molecule has 0 radical (unpaired) electrons. The van der Waals surface area contributed by atoms with E-state index in [9.17, 15) is 24.5 Å². The second-order valence-corrected chi connectivity index (χ2v) is 4.68. The number of nitrogens with zero attached hydrogens (tertiary/aromatic N) is 1. The van der Waals surface area contributed by atoms with Crippen LogP contribution in [-0.4, -0.2) is 27.8 Å². The Morgan fingerprint density at radius 3 is 2.12 bits per heavy atom. The number of ketones is 1. The molecule has 24 heavy (non-hydrogen) atoms. The molecule has 8 heteroatoms. The number of aromatic carboxylic acids is 1. The number of esters is 1. The maximum absolute atomic E-state index is 12.0. The summed E-state index contributed by atoms with van der Waals surface area (Å²) in [5.41, 5.74) is -0.224. The van der Waals surface area contributed by atoms with E-state index < -0.39 is 22.6 Å². The molecule has 0 amide bonds. The molecule has 0 saturated heterocycles. The summed E-state index contributed by atoms with van der Waals surface area (Å²) >= 11 is 0. The van der Waals surface area contributed by atoms with Crippen LogP contribution >= 0.6 is 0 Å². The van der Waals surface area contributed by atoms with Gasteiger partial charge in [0.05, 0.1) is 10.5 Å². The number of rotatable bonds is 6. The fourth-order valence-electron chi connectivity index (χ4n) is 1.91. The molecule has 0 fully saturated rings. The molecule has 0 aliphatic carbocycles. The summed E-state index contributed by atoms with van der Waals surface area (Å²) in [5.74, 6) is -3.61. The van der Waals surface area contributed by atoms with Gasteiger partial charge in [0.1, 0.15) is 6.61 Å². The second kappa shape index (κ2) is 7.14. The highest BCUT2D eigenvalue weighted by Crippen LogP contribution is 2.14. The van der Waals surface area contributed by atoms with Crippen molar-refractivity contribution < 1.29 is 29.2 Å². The smallest absolute Gasteiger partial charge is 0.380 e. The van der Waals surface area contributed by atoms with E-state index in [1.54, 1.807) is 0 Å². The predicted octanol–water partition coefficient (Wildman–Crippen LogP) is 2.22. The normalized spacial score (nSPS) is 10.0. The van der Waals surface area contributed by atoms with Crippen LogP contribution in [0.25, 0.3) is 0 Å². The van der Waals surface area contributed by atoms with E-state index >= 15 is 0 Å². The topological polar surface area (TPSA) is 124 Å². The highest BCUT2D eigenvalue weighted by Gasteiger charge is 2.23. The van der Waals surface area contributed by atoms with E-state index in [2.05, 4.69) is 0 Å². The highest BCUT2D eigenvalue weighted by molar-refractivity contribution is 6.41. The van der Waals surface area contributed by atoms with Crippen LogP contribution in [0.3, 0.4) is 0 Å². The summed E-state index contributed by atoms with van der Waals surface area (Å²) < 4.78 is 4.83. The van der Waals surface area contributed by atoms with Crippen LogP contribution in [0.15, 0.2) is 48.5 Å². The molecule has 1 N–H and O–H groups in total. The van der Waals surface area contributed by atoms with Crippen molar-refractivity contribution in [2.75, 3.05) is 0 Å². The van der Waals surface area contributed by atoms with Gasteiger partial charge in [-0.2, -0.15) is 0 Å². The Kier molecular flexibility index (Phi) is 5.00. The summed E-state index contributed by atoms with van der Waals surface area (Å²) in [6, 6.07) is 10.6. The van der Waals surface area contributed by atoms with E-state index in [-0.39, 0.29) is 23.4 Å². The van der Waals surface area contributed by atoms with Crippen molar-refractivity contribution in [1.82, 2.24) is 0 Å². The van der Waals surface area contributed by atoms with Gasteiger partial charge in [-0.1, -0.05) is 12.1 Å². The Hall–Kier alpha value is -3.55. The van der Waals surface area contributed by atoms with Crippen LogP contribution in [0.4, 0.5) is 5.69 Å². The molecule has 0 saturated carbocycles. The van der Waals surface area contributed by atoms with Crippen LogP contribution in [0.5, 0.6) is 0 Å². The van der Waals surface area contributed by atoms with E-state index in [4.69, 9.17) is 9.84 Å². The molecule has 2 rings (SSSR count). The molecule has 0 heterocycles. The number of nitro benzene ring substituents is 1. The second-order valence-electron chi connectivity index (χ2n) is 4.68. The maximum Gasteiger partial charge on any atom is 0.380 e. The number of carbonyl (C=O) groups excluding carboxylic acids is 2. The van der Waals surface area contributed by atoms with Crippen LogP contribution in [0, 0.1) is 10.1 Å². The van der Waals surface area contributed by atoms with Crippen molar-refractivity contribution in [2.24, 2.45) is 0 Å². The van der Waals surface area contributed by atoms with Crippen LogP contribution in [0.2, 0.25) is 0 Å². The fourth-order valence-corrected chi connectivity index (χ4v) is 1.91. The number of hydrogen-bond donors (Lipinski definition) is 1. The first-order valence-corrected chi connectivity index (χ1v) is 6.67. The van der Waals surface area contributed by atoms with Crippen molar-refractivity contribution in [1.29, 1.82) is 0 Å². The molecule has 0 aliphatic heterocycles. The summed E-state index contributed by atoms with van der Waals surface area (Å²) in [6.45, 7) is -0.266. The van der Waals surface area contributed by atoms with Gasteiger partial charge in [0.2, 0.25) is 0 Å². The zero-order valence-electron chi connectivity index (χ0n) is 12.2. The molecular formula is C16H11NO7. The number of non-ortho nitro benzene ring substituents is 1. The van der Waals surface area contributed by atoms with E-state index in [0.717, 1.165) is 0 Å². The molecule has 0 unspecified atom stereocenters. The molecule has 2 aromatic rings. The van der Waals surface area contributed by atoms with Crippen molar-refractivity contribution in [3.8, 4) is 0 Å². The molecule has 2 aromatic carbocycles. The third kappa shape index (κ3) is 3.80. The molecular weight excluding hydrogens is 318 g/mol. The van der Waals surface area contributed by atoms with Gasteiger partial charge in [-0.05, 0) is 29.8 Å². The number of carbonyl (C=O) groups is 3. The van der Waals surface area contributed by atoms with Gasteiger partial charge >= 0.3 is 11.9 Å². The average Bonchev–Trinajstić information content (AvgIpc) is 2.59. The summed E-state index contributed by atoms with van der Waals surface area (Å²) in [6.07, 6.45) is 0. The monoisotopic (exact) mass is 329 g/mol. The first-order chi connectivity index (χ1) is 11.4. The summed E-state index contributed by atoms with van der Waals surface area (Å²) in [5, 5.41) is 19.6. The lowest BCUT2D eigenvalue weighted by Crippen LogP contribution is -2.20. The number of nitro groups is 1. The fraction of sp³-hybridized carbons (Fsp3) is 0.0625. The zero-order valence-corrected chi connectivity index (χ0v) is 12.2. The summed E-state index contributed by atoms with van der Waals surface area (Å²) in [7, 11) is 0. The molecule has 0 aliphatic rings. The van der Waals surface area contributed by atoms with Crippen molar-refractivity contribution in [3.05, 3.63) is 75.3 Å². The van der Waals surface area contributed by atoms with Crippen molar-refractivity contribution >= 4 is 23.4 Å². The third-order valence-electron chi connectivity index (χ3n) is 3.10. The van der Waals surface area contributed by atoms with Crippen molar-refractivity contribution in [2.45, 2.75) is 6.61 Å². The number of carboxylic acids is 1. The SMILES string of the molecule is O=C(OCc1ccc([N+](=O)[O-])cc1)C(=O)c1ccccc1C(=O)O. The zero-order chi connectivity index (χ0) is 17.7. The van der Waals surface area contributed by atoms with E-state index in [1.807, 2.05) is 0 Å². The van der Waals surface area contributed by atoms with Crippen molar-refractivity contribution in [3.63, 3.8) is 0 Å². The Bertz CT molecular complexity index is 811. The number of Topliss-reactive ketones (excluding diaryl/α,β-unsaturated/α-hetero) is 1. The molecule has 0 spiro atoms. The quantitative estimate of drug-likeness (QED) is 0.283. The summed E-state index contributed by atoms with van der Waals surface area (Å²) in [4.78, 5) is 44.8. The van der Waals surface area contributed by atoms with Crippen LogP contribution < -0.4 is 0 Å². The molecule has 0 atom stereocenters. The number of ether oxygens (including phenoxy) is 1. The van der Waals surface area contributed by atoms with Gasteiger partial charge in [0.15, 0.2) is 0 Å². The highest BCUT2D eigenvalue weighted by atomic mass is 16.6. The minimum atomic E-state index is -1.33. The minimum Gasteiger partial charge on any atom is -0.478 e. The van der Waals surface area contributed by atoms with Gasteiger partial charge in [-0.3, -0.25) is 14.9 Å². The Morgan fingerprint density at radius 1 is 1.00 bits per heavy atom. The average molecular weight is 329 g/mol. The Labute approximate surface area is 135 Å². The first-order valence-electron chi connectivity index (χ1n) is 6.67. The van der Waals surface area contributed by atoms with Gasteiger partial charge < -0.3 is 9.84 Å². The number of carboxylic acid groups (broad SMARTS) is 1. The molecule has 122 valence electrons. The molecule has 0 aromatic heterocycles. The lowest BCUT2D eigenvalue weighted by atomic mass is 10.0. The van der Waals surface area contributed by atoms with Gasteiger partial charge in [-0.15, -0.1) is 0 Å².